The first-order valence-corrected chi connectivity index (χ1v) is 11.1. The Hall–Kier alpha value is -3.61. The van der Waals surface area contributed by atoms with Gasteiger partial charge in [0.25, 0.3) is 5.91 Å². The Morgan fingerprint density at radius 1 is 1.05 bits per heavy atom. The molecule has 2 heterocycles. The van der Waals surface area contributed by atoms with Gasteiger partial charge in [0.05, 0.1) is 22.9 Å². The zero-order valence-electron chi connectivity index (χ0n) is 19.0. The third-order valence-corrected chi connectivity index (χ3v) is 5.59. The van der Waals surface area contributed by atoms with Gasteiger partial charge in [-0.05, 0) is 60.9 Å². The molecule has 1 aliphatic heterocycles. The molecule has 13 heteroatoms. The lowest BCUT2D eigenvalue weighted by atomic mass is 10.0. The summed E-state index contributed by atoms with van der Waals surface area (Å²) in [6, 6.07) is 6.07. The van der Waals surface area contributed by atoms with Crippen molar-refractivity contribution in [3.8, 4) is 17.0 Å². The second kappa shape index (κ2) is 10.4. The molecule has 1 fully saturated rings. The molecule has 2 aromatic carbocycles. The van der Waals surface area contributed by atoms with Crippen LogP contribution in [-0.2, 0) is 23.6 Å². The van der Waals surface area contributed by atoms with Crippen LogP contribution in [0.3, 0.4) is 0 Å². The number of aromatic nitrogens is 2. The average molecular weight is 531 g/mol. The van der Waals surface area contributed by atoms with E-state index >= 15 is 0 Å². The number of alkyl halides is 6. The first kappa shape index (κ1) is 26.5. The molecule has 0 spiro atoms. The van der Waals surface area contributed by atoms with Gasteiger partial charge in [0.2, 0.25) is 0 Å². The van der Waals surface area contributed by atoms with Crippen molar-refractivity contribution in [3.05, 3.63) is 70.7 Å². The van der Waals surface area contributed by atoms with Crippen LogP contribution >= 0.6 is 0 Å². The van der Waals surface area contributed by atoms with E-state index in [1.807, 2.05) is 0 Å². The van der Waals surface area contributed by atoms with Gasteiger partial charge in [-0.1, -0.05) is 0 Å². The normalized spacial score (nSPS) is 16.1. The van der Waals surface area contributed by atoms with Crippen LogP contribution < -0.4 is 10.1 Å². The van der Waals surface area contributed by atoms with Crippen molar-refractivity contribution in [3.63, 3.8) is 0 Å². The van der Waals surface area contributed by atoms with Gasteiger partial charge in [-0.2, -0.15) is 31.4 Å². The van der Waals surface area contributed by atoms with Gasteiger partial charge in [0.1, 0.15) is 23.9 Å². The van der Waals surface area contributed by atoms with E-state index in [0.29, 0.717) is 24.5 Å². The summed E-state index contributed by atoms with van der Waals surface area (Å²) in [7, 11) is 0. The number of hydrogen-bond acceptors (Lipinski definition) is 4. The molecule has 4 rings (SSSR count). The van der Waals surface area contributed by atoms with Gasteiger partial charge < -0.3 is 14.8 Å². The summed E-state index contributed by atoms with van der Waals surface area (Å²) >= 11 is 0. The summed E-state index contributed by atoms with van der Waals surface area (Å²) < 4.78 is 104. The highest BCUT2D eigenvalue weighted by Crippen LogP contribution is 2.36. The molecule has 2 N–H and O–H groups in total. The highest BCUT2D eigenvalue weighted by molar-refractivity contribution is 5.93. The van der Waals surface area contributed by atoms with Crippen molar-refractivity contribution in [1.82, 2.24) is 15.5 Å². The second-order valence-electron chi connectivity index (χ2n) is 8.35. The van der Waals surface area contributed by atoms with Crippen molar-refractivity contribution in [1.29, 1.82) is 0 Å². The van der Waals surface area contributed by atoms with Crippen molar-refractivity contribution < 1.29 is 45.0 Å². The fraction of sp³-hybridized carbons (Fsp3) is 0.333. The van der Waals surface area contributed by atoms with E-state index in [4.69, 9.17) is 9.47 Å². The molecule has 0 bridgehead atoms. The highest BCUT2D eigenvalue weighted by Gasteiger charge is 2.37. The predicted molar refractivity (Wildman–Crippen MR) is 116 cm³/mol. The maximum atomic E-state index is 13.9. The largest absolute Gasteiger partial charge is 0.490 e. The van der Waals surface area contributed by atoms with Crippen LogP contribution in [0.5, 0.6) is 5.75 Å². The van der Waals surface area contributed by atoms with Crippen LogP contribution in [-0.4, -0.2) is 35.4 Å². The van der Waals surface area contributed by atoms with E-state index in [1.54, 1.807) is 0 Å². The molecule has 198 valence electrons. The van der Waals surface area contributed by atoms with Crippen LogP contribution in [0.2, 0.25) is 0 Å². The van der Waals surface area contributed by atoms with Crippen LogP contribution in [0.25, 0.3) is 11.3 Å². The van der Waals surface area contributed by atoms with Crippen molar-refractivity contribution in [2.75, 3.05) is 13.2 Å². The lowest BCUT2D eigenvalue weighted by Gasteiger charge is -2.14. The number of H-pyrrole nitrogens is 1. The first-order chi connectivity index (χ1) is 17.4. The Labute approximate surface area is 205 Å². The Morgan fingerprint density at radius 2 is 1.76 bits per heavy atom. The number of nitrogens with one attached hydrogen (secondary N) is 2. The van der Waals surface area contributed by atoms with E-state index in [2.05, 4.69) is 15.5 Å². The SMILES string of the molecule is O=C(NCc1cc(C(F)(F)F)cc(C(F)(F)F)c1)c1cc(-c2cc(F)ccc2OCC2CCCO2)n[nH]1. The Kier molecular flexibility index (Phi) is 7.44. The third-order valence-electron chi connectivity index (χ3n) is 5.59. The lowest BCUT2D eigenvalue weighted by Crippen LogP contribution is -2.24. The number of rotatable bonds is 7. The third kappa shape index (κ3) is 6.59. The van der Waals surface area contributed by atoms with E-state index in [-0.39, 0.29) is 35.7 Å². The molecular formula is C24H20F7N3O3. The van der Waals surface area contributed by atoms with Crippen LogP contribution in [0.4, 0.5) is 30.7 Å². The summed E-state index contributed by atoms with van der Waals surface area (Å²) in [5, 5.41) is 8.67. The number of ether oxygens (including phenoxy) is 2. The molecule has 1 aromatic heterocycles. The highest BCUT2D eigenvalue weighted by atomic mass is 19.4. The van der Waals surface area contributed by atoms with Gasteiger partial charge in [-0.25, -0.2) is 4.39 Å². The standard InChI is InChI=1S/C24H20F7N3O3/c25-16-3-4-21(37-12-17-2-1-5-36-17)18(9-16)19-10-20(34-33-19)22(35)32-11-13-6-14(23(26,27)28)8-15(7-13)24(29,30)31/h3-4,6-10,17H,1-2,5,11-12H2,(H,32,35)(H,33,34). The summed E-state index contributed by atoms with van der Waals surface area (Å²) in [5.74, 6) is -1.14. The molecule has 0 aliphatic carbocycles. The maximum absolute atomic E-state index is 13.9. The van der Waals surface area contributed by atoms with Gasteiger partial charge in [-0.15, -0.1) is 0 Å². The number of carbonyl (C=O) groups is 1. The lowest BCUT2D eigenvalue weighted by molar-refractivity contribution is -0.143. The maximum Gasteiger partial charge on any atom is 0.416 e. The number of carbonyl (C=O) groups excluding carboxylic acids is 1. The number of nitrogens with zero attached hydrogens (tertiary/aromatic N) is 1. The van der Waals surface area contributed by atoms with Gasteiger partial charge in [-0.3, -0.25) is 9.89 Å². The number of halogens is 7. The zero-order valence-corrected chi connectivity index (χ0v) is 19.0. The van der Waals surface area contributed by atoms with E-state index in [9.17, 15) is 35.5 Å². The number of aromatic amines is 1. The summed E-state index contributed by atoms with van der Waals surface area (Å²) in [6.45, 7) is 0.239. The minimum Gasteiger partial charge on any atom is -0.490 e. The Morgan fingerprint density at radius 3 is 2.38 bits per heavy atom. The van der Waals surface area contributed by atoms with Crippen molar-refractivity contribution in [2.24, 2.45) is 0 Å². The molecule has 3 aromatic rings. The van der Waals surface area contributed by atoms with E-state index in [0.717, 1.165) is 18.9 Å². The Balaban J connectivity index is 1.49. The summed E-state index contributed by atoms with van der Waals surface area (Å²) in [6.07, 6.45) is -8.40. The number of hydrogen-bond donors (Lipinski definition) is 2. The van der Waals surface area contributed by atoms with Crippen molar-refractivity contribution >= 4 is 5.91 Å². The van der Waals surface area contributed by atoms with Gasteiger partial charge in [0, 0.05) is 18.7 Å². The average Bonchev–Trinajstić information content (AvgIpc) is 3.53. The monoisotopic (exact) mass is 531 g/mol. The number of amides is 1. The second-order valence-corrected chi connectivity index (χ2v) is 8.35. The number of benzene rings is 2. The van der Waals surface area contributed by atoms with Crippen molar-refractivity contribution in [2.45, 2.75) is 37.8 Å². The predicted octanol–water partition coefficient (Wildman–Crippen LogP) is 5.74. The van der Waals surface area contributed by atoms with Crippen LogP contribution in [0.15, 0.2) is 42.5 Å². The van der Waals surface area contributed by atoms with E-state index < -0.39 is 47.3 Å². The molecule has 37 heavy (non-hydrogen) atoms. The fourth-order valence-electron chi connectivity index (χ4n) is 3.76. The molecule has 6 nitrogen and oxygen atoms in total. The Bertz CT molecular complexity index is 1230. The summed E-state index contributed by atoms with van der Waals surface area (Å²) in [4.78, 5) is 12.5. The molecule has 1 amide bonds. The molecule has 1 saturated heterocycles. The minimum absolute atomic E-state index is 0.00395. The fourth-order valence-corrected chi connectivity index (χ4v) is 3.76. The topological polar surface area (TPSA) is 76.2 Å². The molecule has 1 atom stereocenters. The summed E-state index contributed by atoms with van der Waals surface area (Å²) in [5.41, 5.74) is -3.14. The van der Waals surface area contributed by atoms with Crippen LogP contribution in [0, 0.1) is 5.82 Å². The van der Waals surface area contributed by atoms with Crippen LogP contribution in [0.1, 0.15) is 40.0 Å². The molecule has 1 unspecified atom stereocenters. The van der Waals surface area contributed by atoms with E-state index in [1.165, 1.54) is 18.2 Å². The molecular weight excluding hydrogens is 511 g/mol. The minimum atomic E-state index is -5.01. The molecule has 1 aliphatic rings. The quantitative estimate of drug-likeness (QED) is 0.382. The van der Waals surface area contributed by atoms with Gasteiger partial charge in [0.15, 0.2) is 0 Å². The first-order valence-electron chi connectivity index (χ1n) is 11.1. The smallest absolute Gasteiger partial charge is 0.416 e. The van der Waals surface area contributed by atoms with Gasteiger partial charge >= 0.3 is 12.4 Å². The molecule has 0 radical (unpaired) electrons. The zero-order chi connectivity index (χ0) is 26.8. The molecule has 0 saturated carbocycles.